The van der Waals surface area contributed by atoms with Gasteiger partial charge in [0.2, 0.25) is 0 Å². The van der Waals surface area contributed by atoms with Crippen LogP contribution in [0, 0.1) is 0 Å². The molecular weight excluding hydrogens is 360 g/mol. The highest BCUT2D eigenvalue weighted by Crippen LogP contribution is 2.28. The summed E-state index contributed by atoms with van der Waals surface area (Å²) in [6.45, 7) is 2.21. The maximum atomic E-state index is 12.9. The third kappa shape index (κ3) is 3.26. The highest BCUT2D eigenvalue weighted by Gasteiger charge is 2.22. The smallest absolute Gasteiger partial charge is 0.306 e. The van der Waals surface area contributed by atoms with Crippen molar-refractivity contribution in [3.8, 4) is 11.3 Å². The zero-order valence-electron chi connectivity index (χ0n) is 14.5. The molecule has 0 radical (unpaired) electrons. The van der Waals surface area contributed by atoms with Crippen molar-refractivity contribution in [1.82, 2.24) is 14.7 Å². The average Bonchev–Trinajstić information content (AvgIpc) is 3.27. The Morgan fingerprint density at radius 3 is 2.96 bits per heavy atom. The first kappa shape index (κ1) is 17.1. The Morgan fingerprint density at radius 1 is 1.33 bits per heavy atom. The van der Waals surface area contributed by atoms with Gasteiger partial charge in [0.15, 0.2) is 0 Å². The van der Waals surface area contributed by atoms with Gasteiger partial charge in [0, 0.05) is 18.3 Å². The number of amides is 1. The predicted octanol–water partition coefficient (Wildman–Crippen LogP) is 3.97. The highest BCUT2D eigenvalue weighted by atomic mass is 32.1. The number of benzene rings is 2. The third-order valence-corrected chi connectivity index (χ3v) is 4.44. The number of isothiocyanates is 1. The number of thiocarbonyl (C=S) groups is 1. The summed E-state index contributed by atoms with van der Waals surface area (Å²) in [7, 11) is 0. The Kier molecular flexibility index (Phi) is 4.54. The summed E-state index contributed by atoms with van der Waals surface area (Å²) < 4.78 is 7.04. The van der Waals surface area contributed by atoms with E-state index in [1.54, 1.807) is 10.6 Å². The standard InChI is InChI=1S/C20H16N4O2S/c1-13(22-12-27)11-21-19(25)18-17(23-20-24(18)8-9-26-20)16-7-6-14-4-2-3-5-15(14)10-16/h2-10,13H,11H2,1H3,(H,21,25). The molecule has 4 aromatic rings. The fourth-order valence-electron chi connectivity index (χ4n) is 3.00. The number of nitrogens with zero attached hydrogens (tertiary/aromatic N) is 3. The molecule has 0 saturated heterocycles. The van der Waals surface area contributed by atoms with E-state index in [-0.39, 0.29) is 11.9 Å². The number of nitrogens with one attached hydrogen (secondary N) is 1. The molecule has 1 unspecified atom stereocenters. The molecule has 2 aromatic carbocycles. The van der Waals surface area contributed by atoms with Crippen LogP contribution in [0.25, 0.3) is 27.9 Å². The summed E-state index contributed by atoms with van der Waals surface area (Å²) in [6, 6.07) is 13.9. The first-order chi connectivity index (χ1) is 13.2. The lowest BCUT2D eigenvalue weighted by atomic mass is 10.0. The molecule has 0 aliphatic carbocycles. The molecule has 0 aliphatic rings. The number of oxazole rings is 1. The molecule has 4 rings (SSSR count). The molecule has 27 heavy (non-hydrogen) atoms. The number of rotatable bonds is 5. The molecule has 0 aliphatic heterocycles. The lowest BCUT2D eigenvalue weighted by Gasteiger charge is -2.09. The van der Waals surface area contributed by atoms with Gasteiger partial charge < -0.3 is 9.73 Å². The van der Waals surface area contributed by atoms with Crippen LogP contribution in [0.15, 0.2) is 64.3 Å². The van der Waals surface area contributed by atoms with Gasteiger partial charge in [0.1, 0.15) is 17.7 Å². The molecule has 1 atom stereocenters. The van der Waals surface area contributed by atoms with Crippen LogP contribution in [0.5, 0.6) is 0 Å². The zero-order valence-corrected chi connectivity index (χ0v) is 15.4. The highest BCUT2D eigenvalue weighted by molar-refractivity contribution is 7.78. The van der Waals surface area contributed by atoms with E-state index in [9.17, 15) is 4.79 Å². The third-order valence-electron chi connectivity index (χ3n) is 4.33. The van der Waals surface area contributed by atoms with E-state index >= 15 is 0 Å². The average molecular weight is 376 g/mol. The molecule has 7 heteroatoms. The fraction of sp³-hybridized carbons (Fsp3) is 0.150. The first-order valence-corrected chi connectivity index (χ1v) is 8.88. The van der Waals surface area contributed by atoms with Crippen LogP contribution in [0.4, 0.5) is 0 Å². The van der Waals surface area contributed by atoms with Crippen LogP contribution in [-0.4, -0.2) is 33.0 Å². The maximum absolute atomic E-state index is 12.9. The van der Waals surface area contributed by atoms with Gasteiger partial charge in [-0.1, -0.05) is 36.4 Å². The van der Waals surface area contributed by atoms with Crippen molar-refractivity contribution in [2.45, 2.75) is 13.0 Å². The van der Waals surface area contributed by atoms with E-state index in [0.717, 1.165) is 16.3 Å². The monoisotopic (exact) mass is 376 g/mol. The van der Waals surface area contributed by atoms with Crippen molar-refractivity contribution in [1.29, 1.82) is 0 Å². The van der Waals surface area contributed by atoms with Crippen molar-refractivity contribution in [2.75, 3.05) is 6.54 Å². The summed E-state index contributed by atoms with van der Waals surface area (Å²) in [5.74, 6) is 0.117. The molecular formula is C20H16N4O2S. The van der Waals surface area contributed by atoms with Gasteiger partial charge in [-0.3, -0.25) is 9.20 Å². The van der Waals surface area contributed by atoms with E-state index in [4.69, 9.17) is 4.42 Å². The Balaban J connectivity index is 1.76. The van der Waals surface area contributed by atoms with Gasteiger partial charge in [0.05, 0.1) is 11.2 Å². The van der Waals surface area contributed by atoms with Crippen molar-refractivity contribution < 1.29 is 9.21 Å². The molecule has 0 fully saturated rings. The molecule has 6 nitrogen and oxygen atoms in total. The number of fused-ring (bicyclic) bond motifs is 2. The zero-order chi connectivity index (χ0) is 18.8. The van der Waals surface area contributed by atoms with Gasteiger partial charge in [-0.15, -0.1) is 0 Å². The van der Waals surface area contributed by atoms with Crippen LogP contribution >= 0.6 is 12.2 Å². The van der Waals surface area contributed by atoms with E-state index in [0.29, 0.717) is 23.8 Å². The van der Waals surface area contributed by atoms with Gasteiger partial charge in [-0.05, 0) is 36.0 Å². The topological polar surface area (TPSA) is 71.9 Å². The quantitative estimate of drug-likeness (QED) is 0.423. The minimum Gasteiger partial charge on any atom is -0.432 e. The van der Waals surface area contributed by atoms with E-state index in [1.165, 1.54) is 6.26 Å². The van der Waals surface area contributed by atoms with Crippen LogP contribution in [-0.2, 0) is 0 Å². The van der Waals surface area contributed by atoms with Gasteiger partial charge >= 0.3 is 5.84 Å². The molecule has 1 N–H and O–H groups in total. The number of hydrogen-bond acceptors (Lipinski definition) is 5. The van der Waals surface area contributed by atoms with Crippen LogP contribution < -0.4 is 5.32 Å². The number of aromatic nitrogens is 2. The Morgan fingerprint density at radius 2 is 2.15 bits per heavy atom. The van der Waals surface area contributed by atoms with E-state index < -0.39 is 0 Å². The van der Waals surface area contributed by atoms with Crippen molar-refractivity contribution in [3.63, 3.8) is 0 Å². The second kappa shape index (κ2) is 7.15. The molecule has 2 heterocycles. The normalized spacial score (nSPS) is 12.0. The minimum atomic E-state index is -0.251. The molecule has 0 bridgehead atoms. The Hall–Kier alpha value is -3.28. The number of imidazole rings is 1. The van der Waals surface area contributed by atoms with Crippen molar-refractivity contribution in [2.24, 2.45) is 4.99 Å². The lowest BCUT2D eigenvalue weighted by Crippen LogP contribution is -2.31. The second-order valence-electron chi connectivity index (χ2n) is 6.21. The molecule has 134 valence electrons. The largest absolute Gasteiger partial charge is 0.432 e. The summed E-state index contributed by atoms with van der Waals surface area (Å²) >= 11 is 4.61. The van der Waals surface area contributed by atoms with E-state index in [1.807, 2.05) is 49.4 Å². The van der Waals surface area contributed by atoms with Crippen molar-refractivity contribution >= 4 is 39.9 Å². The van der Waals surface area contributed by atoms with Gasteiger partial charge in [-0.25, -0.2) is 4.99 Å². The van der Waals surface area contributed by atoms with Crippen molar-refractivity contribution in [3.05, 3.63) is 60.6 Å². The summed E-state index contributed by atoms with van der Waals surface area (Å²) in [5.41, 5.74) is 1.85. The fourth-order valence-corrected chi connectivity index (χ4v) is 3.18. The minimum absolute atomic E-state index is 0.150. The number of aliphatic imine (C=N–C) groups is 1. The molecule has 0 saturated carbocycles. The van der Waals surface area contributed by atoms with Crippen LogP contribution in [0.2, 0.25) is 0 Å². The SMILES string of the molecule is CC(CNC(=O)c1c(-c2ccc3ccccc3c2)nc2occn12)N=C=S. The van der Waals surface area contributed by atoms with Crippen LogP contribution in [0.1, 0.15) is 17.4 Å². The summed E-state index contributed by atoms with van der Waals surface area (Å²) in [5, 5.41) is 7.41. The number of hydrogen-bond donors (Lipinski definition) is 1. The number of carbonyl (C=O) groups is 1. The number of carbonyl (C=O) groups excluding carboxylic acids is 1. The van der Waals surface area contributed by atoms with Crippen LogP contribution in [0.3, 0.4) is 0 Å². The summed E-state index contributed by atoms with van der Waals surface area (Å²) in [6.07, 6.45) is 3.18. The Bertz CT molecular complexity index is 1190. The van der Waals surface area contributed by atoms with Gasteiger partial charge in [-0.2, -0.15) is 4.98 Å². The second-order valence-corrected chi connectivity index (χ2v) is 6.39. The van der Waals surface area contributed by atoms with Gasteiger partial charge in [0.25, 0.3) is 5.91 Å². The molecule has 2 aromatic heterocycles. The molecule has 1 amide bonds. The Labute approximate surface area is 160 Å². The lowest BCUT2D eigenvalue weighted by molar-refractivity contribution is 0.0946. The first-order valence-electron chi connectivity index (χ1n) is 8.47. The van der Waals surface area contributed by atoms with E-state index in [2.05, 4.69) is 32.7 Å². The predicted molar refractivity (Wildman–Crippen MR) is 107 cm³/mol. The summed E-state index contributed by atoms with van der Waals surface area (Å²) in [4.78, 5) is 21.4. The maximum Gasteiger partial charge on any atom is 0.306 e. The molecule has 0 spiro atoms.